The van der Waals surface area contributed by atoms with Gasteiger partial charge in [0.2, 0.25) is 0 Å². The van der Waals surface area contributed by atoms with Gasteiger partial charge in [-0.15, -0.1) is 0 Å². The van der Waals surface area contributed by atoms with Gasteiger partial charge in [0.15, 0.2) is 4.77 Å². The molecule has 0 amide bonds. The molecule has 2 aromatic rings. The highest BCUT2D eigenvalue weighted by Crippen LogP contribution is 1.99. The van der Waals surface area contributed by atoms with Gasteiger partial charge in [0.05, 0.1) is 6.54 Å². The van der Waals surface area contributed by atoms with Gasteiger partial charge in [-0.25, -0.2) is 0 Å². The quantitative estimate of drug-likeness (QED) is 0.593. The Hall–Kier alpha value is -1.95. The molecule has 0 saturated carbocycles. The van der Waals surface area contributed by atoms with Crippen LogP contribution in [0.1, 0.15) is 5.56 Å². The number of rotatable bonds is 2. The normalized spacial score (nSPS) is 10.2. The van der Waals surface area contributed by atoms with E-state index in [1.165, 1.54) is 4.57 Å². The van der Waals surface area contributed by atoms with Crippen molar-refractivity contribution in [2.45, 2.75) is 6.54 Å². The Kier molecular flexibility index (Phi) is 2.82. The Balaban J connectivity index is 2.51. The largest absolute Gasteiger partial charge is 0.328 e. The van der Waals surface area contributed by atoms with E-state index in [2.05, 4.69) is 10.2 Å². The molecule has 16 heavy (non-hydrogen) atoms. The first-order valence-electron chi connectivity index (χ1n) is 4.64. The van der Waals surface area contributed by atoms with E-state index in [1.54, 1.807) is 0 Å². The first-order chi connectivity index (χ1) is 7.68. The first kappa shape index (κ1) is 10.6. The summed E-state index contributed by atoms with van der Waals surface area (Å²) in [5, 5.41) is 4.65. The summed E-state index contributed by atoms with van der Waals surface area (Å²) < 4.78 is 1.43. The van der Waals surface area contributed by atoms with Gasteiger partial charge in [-0.3, -0.25) is 24.4 Å². The molecule has 2 N–H and O–H groups in total. The zero-order chi connectivity index (χ0) is 11.5. The third-order valence-corrected chi connectivity index (χ3v) is 2.47. The molecule has 1 aromatic heterocycles. The zero-order valence-electron chi connectivity index (χ0n) is 8.27. The van der Waals surface area contributed by atoms with Gasteiger partial charge in [-0.1, -0.05) is 30.3 Å². The SMILES string of the molecule is O=c1[nH][nH]c(=S)n(Cc2ccccc2)c1=O. The summed E-state index contributed by atoms with van der Waals surface area (Å²) in [4.78, 5) is 22.6. The fourth-order valence-electron chi connectivity index (χ4n) is 1.36. The van der Waals surface area contributed by atoms with Gasteiger partial charge < -0.3 is 0 Å². The average molecular weight is 235 g/mol. The molecule has 5 nitrogen and oxygen atoms in total. The number of nitrogens with zero attached hydrogens (tertiary/aromatic N) is 1. The lowest BCUT2D eigenvalue weighted by molar-refractivity contribution is 0.677. The van der Waals surface area contributed by atoms with Crippen molar-refractivity contribution in [1.29, 1.82) is 0 Å². The Labute approximate surface area is 95.4 Å². The topological polar surface area (TPSA) is 70.7 Å². The second kappa shape index (κ2) is 4.28. The van der Waals surface area contributed by atoms with E-state index in [0.717, 1.165) is 5.56 Å². The Bertz CT molecular complexity index is 654. The highest BCUT2D eigenvalue weighted by atomic mass is 32.1. The molecule has 0 aliphatic rings. The van der Waals surface area contributed by atoms with Crippen LogP contribution in [0.2, 0.25) is 0 Å². The summed E-state index contributed by atoms with van der Waals surface area (Å²) in [7, 11) is 0. The first-order valence-corrected chi connectivity index (χ1v) is 5.05. The zero-order valence-corrected chi connectivity index (χ0v) is 9.08. The number of H-pyrrole nitrogens is 2. The molecular formula is C10H9N3O2S. The van der Waals surface area contributed by atoms with E-state index < -0.39 is 11.1 Å². The van der Waals surface area contributed by atoms with E-state index in [-0.39, 0.29) is 4.77 Å². The highest BCUT2D eigenvalue weighted by Gasteiger charge is 2.02. The molecule has 0 radical (unpaired) electrons. The lowest BCUT2D eigenvalue weighted by Crippen LogP contribution is -2.37. The molecule has 6 heteroatoms. The van der Waals surface area contributed by atoms with Gasteiger partial charge in [0.1, 0.15) is 0 Å². The van der Waals surface area contributed by atoms with Gasteiger partial charge in [0.25, 0.3) is 0 Å². The molecule has 0 unspecified atom stereocenters. The standard InChI is InChI=1S/C10H9N3O2S/c14-8-9(15)13(10(16)12-11-8)6-7-4-2-1-3-5-7/h1-5H,6H2,(H,11,14)(H,12,16). The number of aromatic nitrogens is 3. The number of hydrogen-bond donors (Lipinski definition) is 2. The molecular weight excluding hydrogens is 226 g/mol. The Morgan fingerprint density at radius 3 is 2.50 bits per heavy atom. The highest BCUT2D eigenvalue weighted by molar-refractivity contribution is 7.71. The predicted octanol–water partition coefficient (Wildman–Crippen LogP) is 0.642. The van der Waals surface area contributed by atoms with Crippen LogP contribution in [0.5, 0.6) is 0 Å². The van der Waals surface area contributed by atoms with E-state index >= 15 is 0 Å². The van der Waals surface area contributed by atoms with Crippen molar-refractivity contribution in [2.24, 2.45) is 0 Å². The van der Waals surface area contributed by atoms with Crippen LogP contribution >= 0.6 is 12.2 Å². The maximum atomic E-state index is 11.5. The van der Waals surface area contributed by atoms with Crippen molar-refractivity contribution in [3.05, 3.63) is 61.4 Å². The summed E-state index contributed by atoms with van der Waals surface area (Å²) in [6.45, 7) is 0.291. The molecule has 1 aromatic carbocycles. The fourth-order valence-corrected chi connectivity index (χ4v) is 1.55. The minimum absolute atomic E-state index is 0.202. The van der Waals surface area contributed by atoms with Gasteiger partial charge in [0, 0.05) is 0 Å². The van der Waals surface area contributed by atoms with Crippen LogP contribution in [0, 0.1) is 4.77 Å². The predicted molar refractivity (Wildman–Crippen MR) is 62.1 cm³/mol. The second-order valence-electron chi connectivity index (χ2n) is 3.26. The van der Waals surface area contributed by atoms with Crippen molar-refractivity contribution >= 4 is 12.2 Å². The number of hydrogen-bond acceptors (Lipinski definition) is 3. The Morgan fingerprint density at radius 1 is 1.12 bits per heavy atom. The van der Waals surface area contributed by atoms with Crippen LogP contribution < -0.4 is 11.1 Å². The van der Waals surface area contributed by atoms with E-state index in [9.17, 15) is 9.59 Å². The summed E-state index contributed by atoms with van der Waals surface area (Å²) in [6, 6.07) is 9.33. The van der Waals surface area contributed by atoms with E-state index in [0.29, 0.717) is 6.54 Å². The summed E-state index contributed by atoms with van der Waals surface area (Å²) >= 11 is 4.94. The molecule has 2 rings (SSSR count). The van der Waals surface area contributed by atoms with Crippen molar-refractivity contribution in [3.63, 3.8) is 0 Å². The molecule has 0 fully saturated rings. The molecule has 0 aliphatic carbocycles. The smallest absolute Gasteiger partial charge is 0.275 e. The Morgan fingerprint density at radius 2 is 1.81 bits per heavy atom. The van der Waals surface area contributed by atoms with Crippen molar-refractivity contribution in [1.82, 2.24) is 14.8 Å². The van der Waals surface area contributed by atoms with Crippen LogP contribution in [-0.2, 0) is 6.54 Å². The summed E-state index contributed by atoms with van der Waals surface area (Å²) in [5.41, 5.74) is -0.438. The van der Waals surface area contributed by atoms with Gasteiger partial charge in [-0.2, -0.15) is 0 Å². The fraction of sp³-hybridized carbons (Fsp3) is 0.100. The van der Waals surface area contributed by atoms with Gasteiger partial charge in [-0.05, 0) is 17.8 Å². The summed E-state index contributed by atoms with van der Waals surface area (Å²) in [5.74, 6) is 0. The average Bonchev–Trinajstić information content (AvgIpc) is 2.31. The lowest BCUT2D eigenvalue weighted by atomic mass is 10.2. The third kappa shape index (κ3) is 2.01. The molecule has 1 heterocycles. The monoisotopic (exact) mass is 235 g/mol. The molecule has 0 bridgehead atoms. The molecule has 0 saturated heterocycles. The van der Waals surface area contributed by atoms with Crippen molar-refractivity contribution in [3.8, 4) is 0 Å². The number of nitrogens with one attached hydrogen (secondary N) is 2. The molecule has 0 atom stereocenters. The van der Waals surface area contributed by atoms with E-state index in [1.807, 2.05) is 30.3 Å². The third-order valence-electron chi connectivity index (χ3n) is 2.15. The minimum atomic E-state index is -0.704. The molecule has 0 aliphatic heterocycles. The van der Waals surface area contributed by atoms with Gasteiger partial charge >= 0.3 is 11.1 Å². The van der Waals surface area contributed by atoms with Crippen LogP contribution in [0.15, 0.2) is 39.9 Å². The van der Waals surface area contributed by atoms with Crippen LogP contribution in [0.25, 0.3) is 0 Å². The maximum absolute atomic E-state index is 11.5. The van der Waals surface area contributed by atoms with Crippen LogP contribution in [-0.4, -0.2) is 14.8 Å². The minimum Gasteiger partial charge on any atom is -0.275 e. The summed E-state index contributed by atoms with van der Waals surface area (Å²) in [6.07, 6.45) is 0. The van der Waals surface area contributed by atoms with Crippen LogP contribution in [0.4, 0.5) is 0 Å². The molecule has 82 valence electrons. The van der Waals surface area contributed by atoms with E-state index in [4.69, 9.17) is 12.2 Å². The number of benzene rings is 1. The van der Waals surface area contributed by atoms with Crippen molar-refractivity contribution in [2.75, 3.05) is 0 Å². The maximum Gasteiger partial charge on any atom is 0.328 e. The second-order valence-corrected chi connectivity index (χ2v) is 3.65. The number of aromatic amines is 2. The lowest BCUT2D eigenvalue weighted by Gasteiger charge is -2.04. The van der Waals surface area contributed by atoms with Crippen molar-refractivity contribution < 1.29 is 0 Å². The molecule has 0 spiro atoms. The van der Waals surface area contributed by atoms with Crippen LogP contribution in [0.3, 0.4) is 0 Å².